The summed E-state index contributed by atoms with van der Waals surface area (Å²) in [5.41, 5.74) is 2.79. The van der Waals surface area contributed by atoms with E-state index in [2.05, 4.69) is 31.1 Å². The van der Waals surface area contributed by atoms with E-state index in [-0.39, 0.29) is 23.4 Å². The van der Waals surface area contributed by atoms with E-state index in [0.717, 1.165) is 12.1 Å². The van der Waals surface area contributed by atoms with E-state index in [1.165, 1.54) is 17.7 Å². The van der Waals surface area contributed by atoms with E-state index in [4.69, 9.17) is 12.2 Å². The van der Waals surface area contributed by atoms with Crippen molar-refractivity contribution in [3.05, 3.63) is 102 Å². The molecule has 0 bridgehead atoms. The second kappa shape index (κ2) is 12.7. The molecule has 3 aromatic carbocycles. The predicted molar refractivity (Wildman–Crippen MR) is 160 cm³/mol. The fourth-order valence-electron chi connectivity index (χ4n) is 4.74. The topological polar surface area (TPSA) is 61.4 Å². The SMILES string of the molecule is C=C(NC(=S)C1CCN(C(=O)c2ccccc2-c2ccc(C(F)(F)F)cc2)CC1)C(=O)Nc1ccc(C(C)C)cc1. The van der Waals surface area contributed by atoms with Crippen LogP contribution in [0.2, 0.25) is 0 Å². The normalized spacial score (nSPS) is 14.0. The van der Waals surface area contributed by atoms with E-state index >= 15 is 0 Å². The third-order valence-corrected chi connectivity index (χ3v) is 7.65. The number of thiocarbonyl (C=S) groups is 1. The van der Waals surface area contributed by atoms with Gasteiger partial charge in [-0.3, -0.25) is 9.59 Å². The summed E-state index contributed by atoms with van der Waals surface area (Å²) < 4.78 is 39.0. The molecule has 3 aromatic rings. The van der Waals surface area contributed by atoms with Crippen LogP contribution in [0.25, 0.3) is 11.1 Å². The van der Waals surface area contributed by atoms with Gasteiger partial charge in [0, 0.05) is 30.3 Å². The number of hydrogen-bond donors (Lipinski definition) is 2. The quantitative estimate of drug-likeness (QED) is 0.226. The standard InChI is InChI=1S/C32H32F3N3O2S/c1-20(2)22-10-14-26(15-11-22)37-29(39)21(3)36-30(41)24-16-18-38(19-17-24)31(40)28-7-5-4-6-27(28)23-8-12-25(13-9-23)32(33,34)35/h4-15,20,24H,3,16-19H2,1-2H3,(H,36,41)(H,37,39). The van der Waals surface area contributed by atoms with Gasteiger partial charge in [-0.25, -0.2) is 0 Å². The number of anilines is 1. The molecule has 0 aromatic heterocycles. The summed E-state index contributed by atoms with van der Waals surface area (Å²) in [5.74, 6) is -0.208. The molecule has 1 heterocycles. The largest absolute Gasteiger partial charge is 0.416 e. The molecule has 2 N–H and O–H groups in total. The van der Waals surface area contributed by atoms with E-state index in [1.807, 2.05) is 24.3 Å². The first-order valence-electron chi connectivity index (χ1n) is 13.4. The zero-order chi connectivity index (χ0) is 29.7. The summed E-state index contributed by atoms with van der Waals surface area (Å²) >= 11 is 5.56. The van der Waals surface area contributed by atoms with Crippen LogP contribution in [0.4, 0.5) is 18.9 Å². The van der Waals surface area contributed by atoms with Gasteiger partial charge in [0.1, 0.15) is 0 Å². The van der Waals surface area contributed by atoms with Crippen molar-refractivity contribution in [1.29, 1.82) is 0 Å². The number of benzene rings is 3. The third-order valence-electron chi connectivity index (χ3n) is 7.22. The molecule has 2 amide bonds. The van der Waals surface area contributed by atoms with Crippen LogP contribution in [0.5, 0.6) is 0 Å². The first-order chi connectivity index (χ1) is 19.4. The van der Waals surface area contributed by atoms with Gasteiger partial charge in [0.15, 0.2) is 0 Å². The average Bonchev–Trinajstić information content (AvgIpc) is 2.96. The number of carbonyl (C=O) groups is 2. The van der Waals surface area contributed by atoms with Crippen LogP contribution in [0.1, 0.15) is 54.1 Å². The molecule has 4 rings (SSSR count). The molecule has 1 aliphatic rings. The highest BCUT2D eigenvalue weighted by molar-refractivity contribution is 7.80. The lowest BCUT2D eigenvalue weighted by Crippen LogP contribution is -2.43. The van der Waals surface area contributed by atoms with E-state index < -0.39 is 11.7 Å². The van der Waals surface area contributed by atoms with Gasteiger partial charge in [0.05, 0.1) is 16.2 Å². The third kappa shape index (κ3) is 7.41. The van der Waals surface area contributed by atoms with Gasteiger partial charge in [0.2, 0.25) is 0 Å². The summed E-state index contributed by atoms with van der Waals surface area (Å²) in [6.07, 6.45) is -3.22. The van der Waals surface area contributed by atoms with E-state index in [0.29, 0.717) is 59.2 Å². The molecule has 0 atom stereocenters. The number of piperidine rings is 1. The van der Waals surface area contributed by atoms with E-state index in [1.54, 1.807) is 29.2 Å². The van der Waals surface area contributed by atoms with Crippen LogP contribution in [-0.2, 0) is 11.0 Å². The monoisotopic (exact) mass is 579 g/mol. The smallest absolute Gasteiger partial charge is 0.346 e. The molecule has 0 spiro atoms. The molecular weight excluding hydrogens is 547 g/mol. The summed E-state index contributed by atoms with van der Waals surface area (Å²) in [6, 6.07) is 19.4. The minimum Gasteiger partial charge on any atom is -0.346 e. The second-order valence-corrected chi connectivity index (χ2v) is 10.8. The lowest BCUT2D eigenvalue weighted by Gasteiger charge is -2.33. The highest BCUT2D eigenvalue weighted by Crippen LogP contribution is 2.32. The van der Waals surface area contributed by atoms with Crippen molar-refractivity contribution in [3.8, 4) is 11.1 Å². The Hall–Kier alpha value is -3.98. The molecule has 0 aliphatic carbocycles. The van der Waals surface area contributed by atoms with Crippen molar-refractivity contribution in [1.82, 2.24) is 10.2 Å². The Labute approximate surface area is 243 Å². The number of likely N-dealkylation sites (tertiary alicyclic amines) is 1. The van der Waals surface area contributed by atoms with Crippen LogP contribution in [0, 0.1) is 5.92 Å². The first kappa shape index (κ1) is 30.0. The molecule has 0 saturated carbocycles. The second-order valence-electron chi connectivity index (χ2n) is 10.4. The zero-order valence-corrected chi connectivity index (χ0v) is 23.7. The van der Waals surface area contributed by atoms with Crippen LogP contribution in [0.3, 0.4) is 0 Å². The van der Waals surface area contributed by atoms with Gasteiger partial charge in [-0.2, -0.15) is 13.2 Å². The predicted octanol–water partition coefficient (Wildman–Crippen LogP) is 7.42. The van der Waals surface area contributed by atoms with Crippen LogP contribution >= 0.6 is 12.2 Å². The summed E-state index contributed by atoms with van der Waals surface area (Å²) in [4.78, 5) is 28.3. The van der Waals surface area contributed by atoms with Crippen molar-refractivity contribution in [3.63, 3.8) is 0 Å². The average molecular weight is 580 g/mol. The highest BCUT2D eigenvalue weighted by Gasteiger charge is 2.31. The van der Waals surface area contributed by atoms with Gasteiger partial charge in [-0.15, -0.1) is 0 Å². The molecular formula is C32H32F3N3O2S. The molecule has 1 aliphatic heterocycles. The number of alkyl halides is 3. The number of nitrogens with zero attached hydrogens (tertiary/aromatic N) is 1. The maximum absolute atomic E-state index is 13.4. The zero-order valence-electron chi connectivity index (χ0n) is 22.9. The molecule has 9 heteroatoms. The number of nitrogens with one attached hydrogen (secondary N) is 2. The maximum Gasteiger partial charge on any atom is 0.416 e. The van der Waals surface area contributed by atoms with Crippen molar-refractivity contribution >= 4 is 34.7 Å². The van der Waals surface area contributed by atoms with Gasteiger partial charge < -0.3 is 15.5 Å². The number of halogens is 3. The van der Waals surface area contributed by atoms with Crippen LogP contribution in [0.15, 0.2) is 85.1 Å². The van der Waals surface area contributed by atoms with Crippen molar-refractivity contribution < 1.29 is 22.8 Å². The molecule has 0 radical (unpaired) electrons. The molecule has 5 nitrogen and oxygen atoms in total. The van der Waals surface area contributed by atoms with Gasteiger partial charge >= 0.3 is 6.18 Å². The van der Waals surface area contributed by atoms with Crippen LogP contribution in [-0.4, -0.2) is 34.8 Å². The minimum absolute atomic E-state index is 0.0333. The Morgan fingerprint density at radius 2 is 1.56 bits per heavy atom. The van der Waals surface area contributed by atoms with Crippen molar-refractivity contribution in [2.75, 3.05) is 18.4 Å². The molecule has 1 fully saturated rings. The Morgan fingerprint density at radius 3 is 2.15 bits per heavy atom. The summed E-state index contributed by atoms with van der Waals surface area (Å²) in [5, 5.41) is 5.78. The lowest BCUT2D eigenvalue weighted by atomic mass is 9.94. The van der Waals surface area contributed by atoms with Crippen molar-refractivity contribution in [2.24, 2.45) is 5.92 Å². The lowest BCUT2D eigenvalue weighted by molar-refractivity contribution is -0.137. The van der Waals surface area contributed by atoms with Gasteiger partial charge in [0.25, 0.3) is 11.8 Å². The maximum atomic E-state index is 13.4. The van der Waals surface area contributed by atoms with Crippen LogP contribution < -0.4 is 10.6 Å². The number of amides is 2. The number of rotatable bonds is 7. The summed E-state index contributed by atoms with van der Waals surface area (Å²) in [7, 11) is 0. The van der Waals surface area contributed by atoms with Gasteiger partial charge in [-0.1, -0.05) is 75.1 Å². The first-order valence-corrected chi connectivity index (χ1v) is 13.8. The minimum atomic E-state index is -4.43. The number of carbonyl (C=O) groups excluding carboxylic acids is 2. The Balaban J connectivity index is 1.33. The molecule has 1 saturated heterocycles. The molecule has 214 valence electrons. The fraction of sp³-hybridized carbons (Fsp3) is 0.281. The Bertz CT molecular complexity index is 1430. The van der Waals surface area contributed by atoms with E-state index in [9.17, 15) is 22.8 Å². The highest BCUT2D eigenvalue weighted by atomic mass is 32.1. The molecule has 0 unspecified atom stereocenters. The van der Waals surface area contributed by atoms with Crippen molar-refractivity contribution in [2.45, 2.75) is 38.8 Å². The molecule has 41 heavy (non-hydrogen) atoms. The fourth-order valence-corrected chi connectivity index (χ4v) is 5.10. The Kier molecular flexibility index (Phi) is 9.28. The Morgan fingerprint density at radius 1 is 0.951 bits per heavy atom. The summed E-state index contributed by atoms with van der Waals surface area (Å²) in [6.45, 7) is 8.94. The van der Waals surface area contributed by atoms with Gasteiger partial charge in [-0.05, 0) is 65.8 Å². The number of hydrogen-bond acceptors (Lipinski definition) is 3.